The summed E-state index contributed by atoms with van der Waals surface area (Å²) in [7, 11) is 3.21. The number of hydrogen-bond acceptors (Lipinski definition) is 3. The van der Waals surface area contributed by atoms with Gasteiger partial charge in [-0.05, 0) is 31.3 Å². The van der Waals surface area contributed by atoms with Crippen molar-refractivity contribution < 1.29 is 9.47 Å². The van der Waals surface area contributed by atoms with Gasteiger partial charge in [0.15, 0.2) is 6.29 Å². The average molecular weight is 178 g/mol. The first-order valence-electron chi connectivity index (χ1n) is 3.94. The van der Waals surface area contributed by atoms with Gasteiger partial charge in [-0.1, -0.05) is 0 Å². The van der Waals surface area contributed by atoms with E-state index in [1.54, 1.807) is 14.2 Å². The van der Waals surface area contributed by atoms with Gasteiger partial charge in [-0.3, -0.25) is 0 Å². The second kappa shape index (κ2) is 8.37. The minimum atomic E-state index is -0.0648. The van der Waals surface area contributed by atoms with Crippen molar-refractivity contribution >= 4 is 11.8 Å². The molecule has 1 saturated heterocycles. The quantitative estimate of drug-likeness (QED) is 0.604. The number of methoxy groups -OCH3 is 2. The van der Waals surface area contributed by atoms with Gasteiger partial charge in [0.1, 0.15) is 0 Å². The van der Waals surface area contributed by atoms with Crippen LogP contribution in [-0.4, -0.2) is 32.0 Å². The van der Waals surface area contributed by atoms with E-state index < -0.39 is 0 Å². The molecule has 1 aliphatic heterocycles. The molecule has 0 saturated carbocycles. The van der Waals surface area contributed by atoms with Gasteiger partial charge in [0.05, 0.1) is 0 Å². The first-order chi connectivity index (χ1) is 5.31. The summed E-state index contributed by atoms with van der Waals surface area (Å²) in [5.74, 6) is 2.83. The predicted molar refractivity (Wildman–Crippen MR) is 50.0 cm³/mol. The molecule has 0 amide bonds. The molecule has 0 aliphatic carbocycles. The lowest BCUT2D eigenvalue weighted by Crippen LogP contribution is -2.05. The fourth-order valence-corrected chi connectivity index (χ4v) is 1.63. The minimum Gasteiger partial charge on any atom is -0.356 e. The standard InChI is InChI=1S/C4H10O2.C4H8S/c1-4(5-2)6-3;1-2-4-5-3-1/h4H,1-3H3;1-4H2. The molecule has 0 aromatic carbocycles. The Kier molecular flexibility index (Phi) is 8.57. The van der Waals surface area contributed by atoms with Crippen molar-refractivity contribution in [2.45, 2.75) is 26.1 Å². The molecule has 2 nitrogen and oxygen atoms in total. The Balaban J connectivity index is 0.000000183. The molecule has 0 bridgehead atoms. The van der Waals surface area contributed by atoms with Crippen molar-refractivity contribution in [1.29, 1.82) is 0 Å². The van der Waals surface area contributed by atoms with E-state index in [2.05, 4.69) is 21.2 Å². The molecule has 0 N–H and O–H groups in total. The van der Waals surface area contributed by atoms with Gasteiger partial charge in [-0.2, -0.15) is 11.8 Å². The van der Waals surface area contributed by atoms with Crippen LogP contribution in [0.25, 0.3) is 0 Å². The van der Waals surface area contributed by atoms with Gasteiger partial charge < -0.3 is 9.47 Å². The summed E-state index contributed by atoms with van der Waals surface area (Å²) in [6.07, 6.45) is 2.86. The van der Waals surface area contributed by atoms with Crippen LogP contribution in [0.2, 0.25) is 0 Å². The molecule has 1 heterocycles. The van der Waals surface area contributed by atoms with Gasteiger partial charge >= 0.3 is 0 Å². The summed E-state index contributed by atoms with van der Waals surface area (Å²) >= 11 is 2.07. The first kappa shape index (κ1) is 11.3. The Morgan fingerprint density at radius 1 is 1.09 bits per heavy atom. The number of ether oxygens (including phenoxy) is 2. The van der Waals surface area contributed by atoms with Crippen LogP contribution in [0, 0.1) is 0 Å². The molecule has 0 aromatic heterocycles. The maximum absolute atomic E-state index is 4.68. The van der Waals surface area contributed by atoms with Crippen LogP contribution in [-0.2, 0) is 9.47 Å². The van der Waals surface area contributed by atoms with E-state index in [-0.39, 0.29) is 6.29 Å². The molecule has 0 unspecified atom stereocenters. The molecule has 68 valence electrons. The number of rotatable bonds is 2. The van der Waals surface area contributed by atoms with E-state index in [4.69, 9.17) is 0 Å². The van der Waals surface area contributed by atoms with E-state index in [9.17, 15) is 0 Å². The smallest absolute Gasteiger partial charge is 0.154 e. The van der Waals surface area contributed by atoms with Crippen LogP contribution in [0.15, 0.2) is 0 Å². The molecule has 0 aromatic rings. The molecule has 11 heavy (non-hydrogen) atoms. The topological polar surface area (TPSA) is 18.5 Å². The van der Waals surface area contributed by atoms with Crippen LogP contribution in [0.3, 0.4) is 0 Å². The van der Waals surface area contributed by atoms with E-state index >= 15 is 0 Å². The Hall–Kier alpha value is 0.270. The zero-order valence-corrected chi connectivity index (χ0v) is 8.45. The second-order valence-electron chi connectivity index (χ2n) is 2.36. The molecular formula is C8H18O2S. The Morgan fingerprint density at radius 3 is 1.64 bits per heavy atom. The van der Waals surface area contributed by atoms with E-state index in [0.717, 1.165) is 0 Å². The Morgan fingerprint density at radius 2 is 1.55 bits per heavy atom. The van der Waals surface area contributed by atoms with Crippen LogP contribution >= 0.6 is 11.8 Å². The van der Waals surface area contributed by atoms with E-state index in [1.165, 1.54) is 24.3 Å². The fraction of sp³-hybridized carbons (Fsp3) is 1.00. The average Bonchev–Trinajstić information content (AvgIpc) is 2.60. The highest BCUT2D eigenvalue weighted by Crippen LogP contribution is 2.14. The van der Waals surface area contributed by atoms with Gasteiger partial charge in [-0.25, -0.2) is 0 Å². The summed E-state index contributed by atoms with van der Waals surface area (Å²) < 4.78 is 9.35. The molecule has 3 heteroatoms. The zero-order valence-electron chi connectivity index (χ0n) is 7.63. The second-order valence-corrected chi connectivity index (χ2v) is 3.58. The molecule has 1 aliphatic rings. The highest BCUT2D eigenvalue weighted by molar-refractivity contribution is 7.99. The lowest BCUT2D eigenvalue weighted by molar-refractivity contribution is -0.0877. The van der Waals surface area contributed by atoms with E-state index in [1.807, 2.05) is 6.92 Å². The third-order valence-electron chi connectivity index (χ3n) is 1.49. The van der Waals surface area contributed by atoms with Crippen molar-refractivity contribution in [2.24, 2.45) is 0 Å². The number of thioether (sulfide) groups is 1. The maximum atomic E-state index is 4.68. The van der Waals surface area contributed by atoms with Crippen LogP contribution in [0.1, 0.15) is 19.8 Å². The Labute approximate surface area is 73.6 Å². The summed E-state index contributed by atoms with van der Waals surface area (Å²) in [6.45, 7) is 1.83. The summed E-state index contributed by atoms with van der Waals surface area (Å²) in [6, 6.07) is 0. The zero-order chi connectivity index (χ0) is 8.53. The summed E-state index contributed by atoms with van der Waals surface area (Å²) in [5.41, 5.74) is 0. The van der Waals surface area contributed by atoms with Crippen molar-refractivity contribution in [3.63, 3.8) is 0 Å². The van der Waals surface area contributed by atoms with Crippen molar-refractivity contribution in [3.8, 4) is 0 Å². The van der Waals surface area contributed by atoms with E-state index in [0.29, 0.717) is 0 Å². The summed E-state index contributed by atoms with van der Waals surface area (Å²) in [4.78, 5) is 0. The summed E-state index contributed by atoms with van der Waals surface area (Å²) in [5, 5.41) is 0. The van der Waals surface area contributed by atoms with Gasteiger partial charge in [0, 0.05) is 14.2 Å². The molecule has 0 spiro atoms. The highest BCUT2D eigenvalue weighted by atomic mass is 32.2. The van der Waals surface area contributed by atoms with Gasteiger partial charge in [0.25, 0.3) is 0 Å². The van der Waals surface area contributed by atoms with Crippen LogP contribution < -0.4 is 0 Å². The molecular weight excluding hydrogens is 160 g/mol. The molecule has 0 atom stereocenters. The highest BCUT2D eigenvalue weighted by Gasteiger charge is 1.95. The Bertz CT molecular complexity index is 62.9. The third-order valence-corrected chi connectivity index (χ3v) is 2.65. The number of hydrogen-bond donors (Lipinski definition) is 0. The van der Waals surface area contributed by atoms with Gasteiger partial charge in [0.2, 0.25) is 0 Å². The lowest BCUT2D eigenvalue weighted by Gasteiger charge is -2.03. The molecule has 0 radical (unpaired) electrons. The predicted octanol–water partition coefficient (Wildman–Crippen LogP) is 2.14. The van der Waals surface area contributed by atoms with Gasteiger partial charge in [-0.15, -0.1) is 0 Å². The minimum absolute atomic E-state index is 0.0648. The van der Waals surface area contributed by atoms with Crippen molar-refractivity contribution in [2.75, 3.05) is 25.7 Å². The fourth-order valence-electron chi connectivity index (χ4n) is 0.607. The largest absolute Gasteiger partial charge is 0.356 e. The van der Waals surface area contributed by atoms with Crippen molar-refractivity contribution in [1.82, 2.24) is 0 Å². The third kappa shape index (κ3) is 8.17. The van der Waals surface area contributed by atoms with Crippen LogP contribution in [0.4, 0.5) is 0 Å². The van der Waals surface area contributed by atoms with Crippen LogP contribution in [0.5, 0.6) is 0 Å². The lowest BCUT2D eigenvalue weighted by atomic mass is 10.4. The maximum Gasteiger partial charge on any atom is 0.154 e. The first-order valence-corrected chi connectivity index (χ1v) is 5.10. The van der Waals surface area contributed by atoms with Crippen molar-refractivity contribution in [3.05, 3.63) is 0 Å². The SMILES string of the molecule is C1CCSC1.COC(C)OC. The molecule has 1 fully saturated rings. The normalized spacial score (nSPS) is 16.4. The molecule has 1 rings (SSSR count). The monoisotopic (exact) mass is 178 g/mol.